The number of pyridine rings is 1. The van der Waals surface area contributed by atoms with Crippen LogP contribution in [0.2, 0.25) is 0 Å². The molecule has 5 rings (SSSR count). The lowest BCUT2D eigenvalue weighted by atomic mass is 9.83. The standard InChI is InChI=1S/C25H27N3O2S/c29-24(23-9-5-13-31-23)26-21-10-11-22-20-14-19(16-28(22)25(21)30)15-27(17-20)12-4-8-18-6-2-1-3-7-18/h1-3,5-7,9-11,13,19-20H,4,8,12,14-17H2,(H,26,29)/p+1/t19-,20+/m0/s1. The summed E-state index contributed by atoms with van der Waals surface area (Å²) >= 11 is 1.38. The molecule has 2 N–H and O–H groups in total. The highest BCUT2D eigenvalue weighted by atomic mass is 32.1. The first-order valence-electron chi connectivity index (χ1n) is 11.1. The fourth-order valence-electron chi connectivity index (χ4n) is 5.25. The van der Waals surface area contributed by atoms with E-state index in [0.717, 1.165) is 31.7 Å². The van der Waals surface area contributed by atoms with Crippen molar-refractivity contribution in [2.24, 2.45) is 5.92 Å². The van der Waals surface area contributed by atoms with Crippen LogP contribution in [0, 0.1) is 5.92 Å². The van der Waals surface area contributed by atoms with E-state index < -0.39 is 0 Å². The van der Waals surface area contributed by atoms with Gasteiger partial charge in [-0.15, -0.1) is 11.3 Å². The average Bonchev–Trinajstić information content (AvgIpc) is 3.32. The van der Waals surface area contributed by atoms with Crippen LogP contribution < -0.4 is 15.8 Å². The van der Waals surface area contributed by atoms with Crippen LogP contribution in [-0.4, -0.2) is 30.1 Å². The summed E-state index contributed by atoms with van der Waals surface area (Å²) in [6.45, 7) is 4.16. The van der Waals surface area contributed by atoms with Crippen molar-refractivity contribution < 1.29 is 9.69 Å². The Morgan fingerprint density at radius 1 is 1.10 bits per heavy atom. The van der Waals surface area contributed by atoms with E-state index >= 15 is 0 Å². The molecule has 4 heterocycles. The molecule has 2 aliphatic rings. The molecule has 5 nitrogen and oxygen atoms in total. The fraction of sp³-hybridized carbons (Fsp3) is 0.360. The monoisotopic (exact) mass is 434 g/mol. The Kier molecular flexibility index (Phi) is 5.74. The largest absolute Gasteiger partial charge is 0.334 e. The lowest BCUT2D eigenvalue weighted by molar-refractivity contribution is -0.911. The molecular formula is C25H28N3O2S+. The van der Waals surface area contributed by atoms with E-state index in [1.807, 2.05) is 16.0 Å². The maximum atomic E-state index is 13.1. The van der Waals surface area contributed by atoms with E-state index in [9.17, 15) is 9.59 Å². The molecule has 0 saturated carbocycles. The van der Waals surface area contributed by atoms with Gasteiger partial charge in [-0.1, -0.05) is 36.4 Å². The van der Waals surface area contributed by atoms with E-state index in [2.05, 4.69) is 41.7 Å². The van der Waals surface area contributed by atoms with Crippen molar-refractivity contribution in [3.05, 3.63) is 86.5 Å². The SMILES string of the molecule is O=C(Nc1ccc2n(c1=O)C[C@H]1C[C@@H]2C[NH+](CCCc2ccccc2)C1)c1cccs1. The van der Waals surface area contributed by atoms with E-state index in [-0.39, 0.29) is 11.5 Å². The molecule has 2 bridgehead atoms. The summed E-state index contributed by atoms with van der Waals surface area (Å²) in [6.07, 6.45) is 3.49. The van der Waals surface area contributed by atoms with Gasteiger partial charge >= 0.3 is 0 Å². The first-order valence-corrected chi connectivity index (χ1v) is 12.0. The maximum Gasteiger partial charge on any atom is 0.274 e. The third kappa shape index (κ3) is 4.36. The zero-order valence-corrected chi connectivity index (χ0v) is 18.4. The number of piperidine rings is 1. The molecule has 2 aliphatic heterocycles. The maximum absolute atomic E-state index is 13.1. The number of carbonyl (C=O) groups is 1. The first kappa shape index (κ1) is 20.2. The molecule has 1 aromatic carbocycles. The Hall–Kier alpha value is -2.70. The van der Waals surface area contributed by atoms with Crippen LogP contribution in [-0.2, 0) is 13.0 Å². The molecule has 160 valence electrons. The number of carbonyl (C=O) groups excluding carboxylic acids is 1. The summed E-state index contributed by atoms with van der Waals surface area (Å²) in [5.74, 6) is 0.741. The van der Waals surface area contributed by atoms with E-state index in [1.165, 1.54) is 36.3 Å². The average molecular weight is 435 g/mol. The van der Waals surface area contributed by atoms with Crippen LogP contribution >= 0.6 is 11.3 Å². The van der Waals surface area contributed by atoms with Crippen LogP contribution in [0.15, 0.2) is 64.8 Å². The van der Waals surface area contributed by atoms with Gasteiger partial charge in [-0.05, 0) is 42.0 Å². The Morgan fingerprint density at radius 3 is 2.77 bits per heavy atom. The van der Waals surface area contributed by atoms with Crippen molar-refractivity contribution in [3.63, 3.8) is 0 Å². The summed E-state index contributed by atoms with van der Waals surface area (Å²) in [5, 5.41) is 4.68. The topological polar surface area (TPSA) is 55.5 Å². The van der Waals surface area contributed by atoms with Gasteiger partial charge in [-0.25, -0.2) is 0 Å². The summed E-state index contributed by atoms with van der Waals surface area (Å²) in [4.78, 5) is 27.8. The number of quaternary nitrogens is 1. The molecule has 2 aromatic heterocycles. The molecule has 0 radical (unpaired) electrons. The molecule has 1 saturated heterocycles. The molecule has 3 aromatic rings. The van der Waals surface area contributed by atoms with Gasteiger partial charge in [0.05, 0.1) is 24.5 Å². The van der Waals surface area contributed by atoms with Crippen LogP contribution in [0.4, 0.5) is 5.69 Å². The fourth-order valence-corrected chi connectivity index (χ4v) is 5.87. The third-order valence-corrected chi connectivity index (χ3v) is 7.50. The highest BCUT2D eigenvalue weighted by Gasteiger charge is 2.37. The number of rotatable bonds is 6. The predicted molar refractivity (Wildman–Crippen MR) is 124 cm³/mol. The van der Waals surface area contributed by atoms with Crippen molar-refractivity contribution >= 4 is 22.9 Å². The Balaban J connectivity index is 1.26. The minimum atomic E-state index is -0.210. The van der Waals surface area contributed by atoms with Gasteiger partial charge in [-0.2, -0.15) is 0 Å². The molecule has 0 aliphatic carbocycles. The van der Waals surface area contributed by atoms with Gasteiger partial charge in [-0.3, -0.25) is 9.59 Å². The molecular weight excluding hydrogens is 406 g/mol. The summed E-state index contributed by atoms with van der Waals surface area (Å²) < 4.78 is 1.92. The minimum absolute atomic E-state index is 0.0652. The lowest BCUT2D eigenvalue weighted by Crippen LogP contribution is -3.14. The summed E-state index contributed by atoms with van der Waals surface area (Å²) in [6, 6.07) is 18.2. The molecule has 6 heteroatoms. The van der Waals surface area contributed by atoms with E-state index in [1.54, 1.807) is 17.0 Å². The van der Waals surface area contributed by atoms with E-state index in [0.29, 0.717) is 22.4 Å². The van der Waals surface area contributed by atoms with Gasteiger partial charge in [0.15, 0.2) is 0 Å². The smallest absolute Gasteiger partial charge is 0.274 e. The zero-order chi connectivity index (χ0) is 21.2. The van der Waals surface area contributed by atoms with Crippen molar-refractivity contribution in [1.82, 2.24) is 4.57 Å². The summed E-state index contributed by atoms with van der Waals surface area (Å²) in [5.41, 5.74) is 2.86. The number of nitrogens with zero attached hydrogens (tertiary/aromatic N) is 1. The number of thiophene rings is 1. The van der Waals surface area contributed by atoms with Crippen molar-refractivity contribution in [2.75, 3.05) is 25.0 Å². The van der Waals surface area contributed by atoms with Crippen molar-refractivity contribution in [2.45, 2.75) is 31.7 Å². The Labute approximate surface area is 186 Å². The molecule has 1 amide bonds. The van der Waals surface area contributed by atoms with Crippen molar-refractivity contribution in [3.8, 4) is 0 Å². The number of fused-ring (bicyclic) bond motifs is 4. The number of aryl methyl sites for hydroxylation is 1. The van der Waals surface area contributed by atoms with Gasteiger partial charge in [0, 0.05) is 30.5 Å². The minimum Gasteiger partial charge on any atom is -0.334 e. The number of anilines is 1. The second kappa shape index (κ2) is 8.81. The number of aromatic nitrogens is 1. The molecule has 1 unspecified atom stereocenters. The Morgan fingerprint density at radius 2 is 1.97 bits per heavy atom. The first-order chi connectivity index (χ1) is 15.2. The third-order valence-electron chi connectivity index (χ3n) is 6.63. The molecule has 3 atom stereocenters. The van der Waals surface area contributed by atoms with Gasteiger partial charge in [0.25, 0.3) is 11.5 Å². The number of benzene rings is 1. The highest BCUT2D eigenvalue weighted by Crippen LogP contribution is 2.31. The van der Waals surface area contributed by atoms with Crippen LogP contribution in [0.25, 0.3) is 0 Å². The van der Waals surface area contributed by atoms with Crippen LogP contribution in [0.1, 0.15) is 39.7 Å². The quantitative estimate of drug-likeness (QED) is 0.627. The lowest BCUT2D eigenvalue weighted by Gasteiger charge is -2.40. The van der Waals surface area contributed by atoms with E-state index in [4.69, 9.17) is 0 Å². The highest BCUT2D eigenvalue weighted by molar-refractivity contribution is 7.12. The normalized spacial score (nSPS) is 22.0. The van der Waals surface area contributed by atoms with Crippen LogP contribution in [0.3, 0.4) is 0 Å². The zero-order valence-electron chi connectivity index (χ0n) is 17.5. The number of hydrogen-bond acceptors (Lipinski definition) is 3. The summed E-state index contributed by atoms with van der Waals surface area (Å²) in [7, 11) is 0. The van der Waals surface area contributed by atoms with Gasteiger partial charge in [0.1, 0.15) is 5.69 Å². The second-order valence-electron chi connectivity index (χ2n) is 8.82. The van der Waals surface area contributed by atoms with Crippen molar-refractivity contribution in [1.29, 1.82) is 0 Å². The number of likely N-dealkylation sites (tertiary alicyclic amines) is 1. The predicted octanol–water partition coefficient (Wildman–Crippen LogP) is 2.80. The molecule has 0 spiro atoms. The second-order valence-corrected chi connectivity index (χ2v) is 9.76. The van der Waals surface area contributed by atoms with Crippen LogP contribution in [0.5, 0.6) is 0 Å². The Bertz CT molecular complexity index is 1110. The number of nitrogens with one attached hydrogen (secondary N) is 2. The van der Waals surface area contributed by atoms with Gasteiger partial charge < -0.3 is 14.8 Å². The number of amides is 1. The molecule has 31 heavy (non-hydrogen) atoms. The number of hydrogen-bond donors (Lipinski definition) is 2. The van der Waals surface area contributed by atoms with Gasteiger partial charge in [0.2, 0.25) is 0 Å². The molecule has 1 fully saturated rings.